The van der Waals surface area contributed by atoms with Crippen LogP contribution in [-0.4, -0.2) is 51.6 Å². The monoisotopic (exact) mass is 415 g/mol. The first-order valence-corrected chi connectivity index (χ1v) is 9.82. The molecule has 30 heavy (non-hydrogen) atoms. The molecule has 0 saturated carbocycles. The van der Waals surface area contributed by atoms with Gasteiger partial charge in [0, 0.05) is 57.2 Å². The van der Waals surface area contributed by atoms with Gasteiger partial charge in [-0.25, -0.2) is 13.8 Å². The van der Waals surface area contributed by atoms with Gasteiger partial charge >= 0.3 is 0 Å². The van der Waals surface area contributed by atoms with Crippen LogP contribution in [0.4, 0.5) is 14.5 Å². The normalized spacial score (nSPS) is 15.3. The molecule has 1 aliphatic rings. The highest BCUT2D eigenvalue weighted by atomic mass is 19.3. The van der Waals surface area contributed by atoms with Crippen molar-refractivity contribution in [2.45, 2.75) is 19.5 Å². The molecule has 0 atom stereocenters. The summed E-state index contributed by atoms with van der Waals surface area (Å²) in [5.41, 5.74) is 1.97. The zero-order chi connectivity index (χ0) is 21.3. The second kappa shape index (κ2) is 8.35. The Hall–Kier alpha value is -3.07. The van der Waals surface area contributed by atoms with Gasteiger partial charge in [-0.1, -0.05) is 6.07 Å². The standard InChI is InChI=1S/C21H23F2N5O2/c1-25-16(3-2-4-20(25)29)12-26-7-9-27(10-8-26)15-5-6-17-18(11-15)24-14-28(21(17)30)13-19(22)23/h2-6,11,14,19H,7-10,12-13H2,1H3. The summed E-state index contributed by atoms with van der Waals surface area (Å²) in [6.45, 7) is 3.33. The van der Waals surface area contributed by atoms with Crippen molar-refractivity contribution in [2.24, 2.45) is 7.05 Å². The average molecular weight is 415 g/mol. The van der Waals surface area contributed by atoms with Crippen molar-refractivity contribution in [3.8, 4) is 0 Å². The molecule has 1 aliphatic heterocycles. The Bertz CT molecular complexity index is 1170. The molecule has 0 N–H and O–H groups in total. The Labute approximate surface area is 171 Å². The maximum atomic E-state index is 12.6. The maximum absolute atomic E-state index is 12.6. The van der Waals surface area contributed by atoms with Gasteiger partial charge in [0.2, 0.25) is 5.56 Å². The van der Waals surface area contributed by atoms with E-state index in [0.717, 1.165) is 42.1 Å². The van der Waals surface area contributed by atoms with E-state index in [0.29, 0.717) is 17.4 Å². The van der Waals surface area contributed by atoms with Crippen LogP contribution in [0.2, 0.25) is 0 Å². The molecule has 7 nitrogen and oxygen atoms in total. The highest BCUT2D eigenvalue weighted by Gasteiger charge is 2.19. The summed E-state index contributed by atoms with van der Waals surface area (Å²) in [4.78, 5) is 32.9. The number of fused-ring (bicyclic) bond motifs is 1. The van der Waals surface area contributed by atoms with Crippen LogP contribution < -0.4 is 16.0 Å². The van der Waals surface area contributed by atoms with Gasteiger partial charge in [-0.2, -0.15) is 0 Å². The Kier molecular flexibility index (Phi) is 5.63. The molecule has 0 amide bonds. The number of hydrogen-bond acceptors (Lipinski definition) is 5. The van der Waals surface area contributed by atoms with Crippen LogP contribution in [0.3, 0.4) is 0 Å². The van der Waals surface area contributed by atoms with E-state index >= 15 is 0 Å². The van der Waals surface area contributed by atoms with Gasteiger partial charge in [0.1, 0.15) is 0 Å². The molecule has 1 aromatic carbocycles. The lowest BCUT2D eigenvalue weighted by Crippen LogP contribution is -2.46. The first-order chi connectivity index (χ1) is 14.4. The minimum Gasteiger partial charge on any atom is -0.369 e. The number of pyridine rings is 1. The first kappa shape index (κ1) is 20.2. The van der Waals surface area contributed by atoms with Crippen LogP contribution in [-0.2, 0) is 20.1 Å². The van der Waals surface area contributed by atoms with E-state index < -0.39 is 18.5 Å². The number of hydrogen-bond donors (Lipinski definition) is 0. The summed E-state index contributed by atoms with van der Waals surface area (Å²) in [6, 6.07) is 10.6. The second-order valence-electron chi connectivity index (χ2n) is 7.47. The number of anilines is 1. The van der Waals surface area contributed by atoms with Crippen molar-refractivity contribution >= 4 is 16.6 Å². The van der Waals surface area contributed by atoms with E-state index in [1.807, 2.05) is 18.2 Å². The molecule has 1 fully saturated rings. The Morgan fingerprint density at radius 3 is 2.57 bits per heavy atom. The number of piperazine rings is 1. The quantitative estimate of drug-likeness (QED) is 0.635. The Morgan fingerprint density at radius 2 is 1.83 bits per heavy atom. The zero-order valence-corrected chi connectivity index (χ0v) is 16.7. The fourth-order valence-electron chi connectivity index (χ4n) is 3.78. The summed E-state index contributed by atoms with van der Waals surface area (Å²) < 4.78 is 27.8. The van der Waals surface area contributed by atoms with Gasteiger partial charge in [-0.05, 0) is 24.3 Å². The molecule has 9 heteroatoms. The van der Waals surface area contributed by atoms with Crippen LogP contribution in [0.15, 0.2) is 52.3 Å². The predicted molar refractivity (Wildman–Crippen MR) is 111 cm³/mol. The molecule has 0 radical (unpaired) electrons. The van der Waals surface area contributed by atoms with Crippen LogP contribution in [0.25, 0.3) is 10.9 Å². The minimum absolute atomic E-state index is 0.0117. The van der Waals surface area contributed by atoms with Crippen molar-refractivity contribution in [1.82, 2.24) is 19.0 Å². The molecule has 3 aromatic rings. The van der Waals surface area contributed by atoms with Gasteiger partial charge in [-0.3, -0.25) is 19.1 Å². The minimum atomic E-state index is -2.60. The lowest BCUT2D eigenvalue weighted by atomic mass is 10.2. The van der Waals surface area contributed by atoms with Crippen LogP contribution >= 0.6 is 0 Å². The van der Waals surface area contributed by atoms with Gasteiger partial charge in [-0.15, -0.1) is 0 Å². The van der Waals surface area contributed by atoms with E-state index in [1.54, 1.807) is 29.8 Å². The van der Waals surface area contributed by atoms with E-state index in [-0.39, 0.29) is 5.56 Å². The highest BCUT2D eigenvalue weighted by molar-refractivity contribution is 5.81. The van der Waals surface area contributed by atoms with Crippen LogP contribution in [0.5, 0.6) is 0 Å². The van der Waals surface area contributed by atoms with Gasteiger partial charge < -0.3 is 9.47 Å². The summed E-state index contributed by atoms with van der Waals surface area (Å²) in [6.07, 6.45) is -1.42. The van der Waals surface area contributed by atoms with Crippen LogP contribution in [0, 0.1) is 0 Å². The van der Waals surface area contributed by atoms with Crippen LogP contribution in [0.1, 0.15) is 5.69 Å². The van der Waals surface area contributed by atoms with Crippen molar-refractivity contribution in [3.05, 3.63) is 69.1 Å². The van der Waals surface area contributed by atoms with Gasteiger partial charge in [0.25, 0.3) is 12.0 Å². The molecule has 1 saturated heterocycles. The Balaban J connectivity index is 1.46. The molecule has 3 heterocycles. The van der Waals surface area contributed by atoms with E-state index in [4.69, 9.17) is 0 Å². The molecule has 0 spiro atoms. The lowest BCUT2D eigenvalue weighted by molar-refractivity contribution is 0.125. The molecule has 0 aliphatic carbocycles. The summed E-state index contributed by atoms with van der Waals surface area (Å²) in [5, 5.41) is 0.338. The Morgan fingerprint density at radius 1 is 1.07 bits per heavy atom. The van der Waals surface area contributed by atoms with Gasteiger partial charge in [0.15, 0.2) is 0 Å². The number of halogens is 2. The topological polar surface area (TPSA) is 63.4 Å². The third-order valence-electron chi connectivity index (χ3n) is 5.56. The second-order valence-corrected chi connectivity index (χ2v) is 7.47. The molecular weight excluding hydrogens is 392 g/mol. The summed E-state index contributed by atoms with van der Waals surface area (Å²) >= 11 is 0. The number of benzene rings is 1. The van der Waals surface area contributed by atoms with E-state index in [1.165, 1.54) is 6.33 Å². The van der Waals surface area contributed by atoms with Crippen molar-refractivity contribution in [1.29, 1.82) is 0 Å². The van der Waals surface area contributed by atoms with Crippen molar-refractivity contribution in [3.63, 3.8) is 0 Å². The highest BCUT2D eigenvalue weighted by Crippen LogP contribution is 2.21. The SMILES string of the molecule is Cn1c(CN2CCN(c3ccc4c(=O)n(CC(F)F)cnc4c3)CC2)cccc1=O. The summed E-state index contributed by atoms with van der Waals surface area (Å²) in [7, 11) is 1.78. The maximum Gasteiger partial charge on any atom is 0.261 e. The molecule has 4 rings (SSSR count). The molecule has 158 valence electrons. The summed E-state index contributed by atoms with van der Waals surface area (Å²) in [5.74, 6) is 0. The molecule has 0 bridgehead atoms. The molecule has 2 aromatic heterocycles. The largest absolute Gasteiger partial charge is 0.369 e. The molecular formula is C21H23F2N5O2. The third-order valence-corrected chi connectivity index (χ3v) is 5.56. The van der Waals surface area contributed by atoms with Crippen molar-refractivity contribution in [2.75, 3.05) is 31.1 Å². The van der Waals surface area contributed by atoms with E-state index in [9.17, 15) is 18.4 Å². The molecule has 0 unspecified atom stereocenters. The number of rotatable bonds is 5. The van der Waals surface area contributed by atoms with Gasteiger partial charge in [0.05, 0.1) is 23.8 Å². The van der Waals surface area contributed by atoms with E-state index in [2.05, 4.69) is 14.8 Å². The smallest absolute Gasteiger partial charge is 0.261 e. The lowest BCUT2D eigenvalue weighted by Gasteiger charge is -2.36. The van der Waals surface area contributed by atoms with Crippen molar-refractivity contribution < 1.29 is 8.78 Å². The zero-order valence-electron chi connectivity index (χ0n) is 16.7. The predicted octanol–water partition coefficient (Wildman–Crippen LogP) is 1.68. The first-order valence-electron chi connectivity index (χ1n) is 9.82. The third kappa shape index (κ3) is 4.11. The fraction of sp³-hybridized carbons (Fsp3) is 0.381. The number of nitrogens with zero attached hydrogens (tertiary/aromatic N) is 5. The fourth-order valence-corrected chi connectivity index (χ4v) is 3.78. The average Bonchev–Trinajstić information content (AvgIpc) is 2.73. The number of aromatic nitrogens is 3. The number of alkyl halides is 2.